The smallest absolute Gasteiger partial charge is 0.394 e. The van der Waals surface area contributed by atoms with Gasteiger partial charge in [0.25, 0.3) is 0 Å². The molecule has 5 nitrogen and oxygen atoms in total. The molecule has 0 bridgehead atoms. The number of hydrogen-bond acceptors (Lipinski definition) is 3. The standard InChI is InChI=1S/C18H30O.H2O4S/c1-16(2,3)12-10-11-13(19)15(18(7,8)9)14(12)17(4,5)6;1-5(2,3)4/h10-11,19H,1-9H3;(H2,1,2,3,4). The summed E-state index contributed by atoms with van der Waals surface area (Å²) < 4.78 is 31.6. The van der Waals surface area contributed by atoms with Crippen molar-refractivity contribution in [1.82, 2.24) is 0 Å². The van der Waals surface area contributed by atoms with Crippen LogP contribution in [0.2, 0.25) is 0 Å². The summed E-state index contributed by atoms with van der Waals surface area (Å²) in [6.45, 7) is 19.9. The van der Waals surface area contributed by atoms with E-state index in [1.807, 2.05) is 6.07 Å². The van der Waals surface area contributed by atoms with Crippen molar-refractivity contribution in [3.63, 3.8) is 0 Å². The van der Waals surface area contributed by atoms with E-state index in [-0.39, 0.29) is 16.2 Å². The zero-order valence-corrected chi connectivity index (χ0v) is 17.0. The third-order valence-electron chi connectivity index (χ3n) is 3.49. The Morgan fingerprint density at radius 3 is 1.29 bits per heavy atom. The minimum Gasteiger partial charge on any atom is -0.508 e. The number of phenolic OH excluding ortho intramolecular Hbond substituents is 1. The van der Waals surface area contributed by atoms with Crippen LogP contribution >= 0.6 is 0 Å². The molecular formula is C18H32O5S. The van der Waals surface area contributed by atoms with Gasteiger partial charge in [-0.25, -0.2) is 0 Å². The molecule has 3 N–H and O–H groups in total. The molecule has 0 aliphatic heterocycles. The fraction of sp³-hybridized carbons (Fsp3) is 0.667. The molecule has 0 spiro atoms. The van der Waals surface area contributed by atoms with E-state index in [1.54, 1.807) is 0 Å². The molecule has 24 heavy (non-hydrogen) atoms. The molecule has 0 heterocycles. The Bertz CT molecular complexity index is 661. The topological polar surface area (TPSA) is 94.8 Å². The summed E-state index contributed by atoms with van der Waals surface area (Å²) >= 11 is 0. The normalized spacial score (nSPS) is 13.3. The first-order valence-corrected chi connectivity index (χ1v) is 9.23. The minimum atomic E-state index is -4.67. The van der Waals surface area contributed by atoms with E-state index in [1.165, 1.54) is 11.1 Å². The number of phenols is 1. The lowest BCUT2D eigenvalue weighted by molar-refractivity contribution is 0.381. The van der Waals surface area contributed by atoms with Gasteiger partial charge in [-0.1, -0.05) is 68.4 Å². The van der Waals surface area contributed by atoms with Crippen molar-refractivity contribution in [2.24, 2.45) is 0 Å². The molecule has 0 aromatic heterocycles. The highest BCUT2D eigenvalue weighted by Crippen LogP contribution is 2.44. The summed E-state index contributed by atoms with van der Waals surface area (Å²) in [6, 6.07) is 3.95. The zero-order chi connectivity index (χ0) is 19.7. The highest BCUT2D eigenvalue weighted by Gasteiger charge is 2.33. The van der Waals surface area contributed by atoms with E-state index in [4.69, 9.17) is 17.5 Å². The lowest BCUT2D eigenvalue weighted by Gasteiger charge is -2.36. The highest BCUT2D eigenvalue weighted by molar-refractivity contribution is 7.79. The summed E-state index contributed by atoms with van der Waals surface area (Å²) in [5.74, 6) is 0.422. The minimum absolute atomic E-state index is 0.0178. The van der Waals surface area contributed by atoms with Crippen LogP contribution in [0.5, 0.6) is 5.75 Å². The molecule has 0 radical (unpaired) electrons. The monoisotopic (exact) mass is 360 g/mol. The Hall–Kier alpha value is -1.11. The first kappa shape index (κ1) is 22.9. The molecule has 0 amide bonds. The fourth-order valence-electron chi connectivity index (χ4n) is 2.75. The Balaban J connectivity index is 0.000000922. The van der Waals surface area contributed by atoms with Crippen molar-refractivity contribution < 1.29 is 22.6 Å². The second kappa shape index (κ2) is 7.02. The van der Waals surface area contributed by atoms with E-state index >= 15 is 0 Å². The molecule has 1 rings (SSSR count). The zero-order valence-electron chi connectivity index (χ0n) is 16.2. The van der Waals surface area contributed by atoms with Crippen LogP contribution < -0.4 is 0 Å². The maximum absolute atomic E-state index is 10.4. The molecule has 1 aromatic carbocycles. The fourth-order valence-corrected chi connectivity index (χ4v) is 2.75. The third-order valence-corrected chi connectivity index (χ3v) is 3.49. The first-order valence-electron chi connectivity index (χ1n) is 7.83. The van der Waals surface area contributed by atoms with Crippen LogP contribution in [-0.4, -0.2) is 22.6 Å². The molecule has 0 fully saturated rings. The van der Waals surface area contributed by atoms with Crippen LogP contribution in [-0.2, 0) is 26.6 Å². The van der Waals surface area contributed by atoms with Gasteiger partial charge in [0, 0.05) is 5.56 Å². The van der Waals surface area contributed by atoms with Crippen LogP contribution in [0.15, 0.2) is 12.1 Å². The van der Waals surface area contributed by atoms with Crippen LogP contribution in [0.1, 0.15) is 79.0 Å². The Morgan fingerprint density at radius 1 is 0.708 bits per heavy atom. The number of hydrogen-bond donors (Lipinski definition) is 3. The summed E-state index contributed by atoms with van der Waals surface area (Å²) in [7, 11) is -4.67. The van der Waals surface area contributed by atoms with E-state index in [0.29, 0.717) is 5.75 Å². The van der Waals surface area contributed by atoms with Gasteiger partial charge < -0.3 is 5.11 Å². The predicted molar refractivity (Wildman–Crippen MR) is 98.4 cm³/mol. The predicted octanol–water partition coefficient (Wildman–Crippen LogP) is 4.63. The number of benzene rings is 1. The Labute approximate surface area is 146 Å². The summed E-state index contributed by atoms with van der Waals surface area (Å²) in [5, 5.41) is 10.4. The quantitative estimate of drug-likeness (QED) is 0.586. The average molecular weight is 361 g/mol. The van der Waals surface area contributed by atoms with Gasteiger partial charge in [-0.15, -0.1) is 0 Å². The highest BCUT2D eigenvalue weighted by atomic mass is 32.3. The number of rotatable bonds is 0. The Kier molecular flexibility index (Phi) is 6.69. The SMILES string of the molecule is CC(C)(C)c1ccc(O)c(C(C)(C)C)c1C(C)(C)C.O=S(=O)(O)O. The maximum Gasteiger partial charge on any atom is 0.394 e. The van der Waals surface area contributed by atoms with Gasteiger partial charge in [0.05, 0.1) is 0 Å². The van der Waals surface area contributed by atoms with Gasteiger partial charge in [-0.3, -0.25) is 9.11 Å². The molecule has 0 unspecified atom stereocenters. The lowest BCUT2D eigenvalue weighted by Crippen LogP contribution is -2.28. The van der Waals surface area contributed by atoms with E-state index in [0.717, 1.165) is 5.56 Å². The van der Waals surface area contributed by atoms with Gasteiger partial charge in [-0.05, 0) is 33.4 Å². The van der Waals surface area contributed by atoms with Crippen LogP contribution in [0.3, 0.4) is 0 Å². The third kappa shape index (κ3) is 7.20. The molecule has 0 saturated carbocycles. The van der Waals surface area contributed by atoms with Crippen molar-refractivity contribution in [3.05, 3.63) is 28.8 Å². The van der Waals surface area contributed by atoms with Crippen molar-refractivity contribution >= 4 is 10.4 Å². The van der Waals surface area contributed by atoms with Crippen molar-refractivity contribution in [2.75, 3.05) is 0 Å². The van der Waals surface area contributed by atoms with Crippen LogP contribution in [0, 0.1) is 0 Å². The summed E-state index contributed by atoms with van der Waals surface area (Å²) in [6.07, 6.45) is 0. The van der Waals surface area contributed by atoms with Crippen LogP contribution in [0.4, 0.5) is 0 Å². The van der Waals surface area contributed by atoms with Gasteiger partial charge in [0.2, 0.25) is 0 Å². The second-order valence-electron chi connectivity index (χ2n) is 9.08. The average Bonchev–Trinajstić information content (AvgIpc) is 2.21. The van der Waals surface area contributed by atoms with Crippen LogP contribution in [0.25, 0.3) is 0 Å². The molecule has 0 saturated heterocycles. The molecule has 1 aromatic rings. The largest absolute Gasteiger partial charge is 0.508 e. The lowest BCUT2D eigenvalue weighted by atomic mass is 9.68. The van der Waals surface area contributed by atoms with Gasteiger partial charge in [0.15, 0.2) is 0 Å². The first-order chi connectivity index (χ1) is 10.3. The van der Waals surface area contributed by atoms with Gasteiger partial charge in [-0.2, -0.15) is 8.42 Å². The molecule has 0 atom stereocenters. The second-order valence-corrected chi connectivity index (χ2v) is 9.98. The van der Waals surface area contributed by atoms with Crippen molar-refractivity contribution in [2.45, 2.75) is 78.6 Å². The molecule has 0 aliphatic rings. The maximum atomic E-state index is 10.4. The van der Waals surface area contributed by atoms with Gasteiger partial charge in [0.1, 0.15) is 5.75 Å². The van der Waals surface area contributed by atoms with Gasteiger partial charge >= 0.3 is 10.4 Å². The van der Waals surface area contributed by atoms with E-state index in [2.05, 4.69) is 68.4 Å². The molecule has 140 valence electrons. The molecular weight excluding hydrogens is 328 g/mol. The van der Waals surface area contributed by atoms with E-state index in [9.17, 15) is 5.11 Å². The van der Waals surface area contributed by atoms with Crippen molar-refractivity contribution in [3.8, 4) is 5.75 Å². The van der Waals surface area contributed by atoms with E-state index < -0.39 is 10.4 Å². The molecule has 6 heteroatoms. The summed E-state index contributed by atoms with van der Waals surface area (Å²) in [5.41, 5.74) is 3.76. The Morgan fingerprint density at radius 2 is 1.04 bits per heavy atom. The van der Waals surface area contributed by atoms with Crippen molar-refractivity contribution in [1.29, 1.82) is 0 Å². The number of aromatic hydroxyl groups is 1. The summed E-state index contributed by atoms with van der Waals surface area (Å²) in [4.78, 5) is 0. The molecule has 0 aliphatic carbocycles.